The van der Waals surface area contributed by atoms with E-state index in [1.807, 2.05) is 13.0 Å². The molecule has 0 aliphatic heterocycles. The van der Waals surface area contributed by atoms with Crippen LogP contribution in [-0.2, 0) is 9.53 Å². The third kappa shape index (κ3) is 4.62. The third-order valence-electron chi connectivity index (χ3n) is 3.39. The van der Waals surface area contributed by atoms with Crippen molar-refractivity contribution in [3.05, 3.63) is 70.8 Å². The fraction of sp³-hybridized carbons (Fsp3) is 0.222. The van der Waals surface area contributed by atoms with Crippen LogP contribution >= 0.6 is 0 Å². The lowest BCUT2D eigenvalue weighted by atomic mass is 10.1. The minimum Gasteiger partial charge on any atom is -0.452 e. The number of benzene rings is 2. The number of amides is 1. The van der Waals surface area contributed by atoms with Gasteiger partial charge in [-0.05, 0) is 32.0 Å². The van der Waals surface area contributed by atoms with E-state index in [-0.39, 0.29) is 5.56 Å². The second kappa shape index (κ2) is 7.68. The molecule has 4 nitrogen and oxygen atoms in total. The van der Waals surface area contributed by atoms with Crippen LogP contribution < -0.4 is 5.32 Å². The highest BCUT2D eigenvalue weighted by molar-refractivity contribution is 5.91. The van der Waals surface area contributed by atoms with E-state index in [0.29, 0.717) is 5.56 Å². The van der Waals surface area contributed by atoms with Gasteiger partial charge in [-0.3, -0.25) is 4.79 Å². The Morgan fingerprint density at radius 1 is 1.17 bits per heavy atom. The van der Waals surface area contributed by atoms with Crippen LogP contribution in [0.15, 0.2) is 42.5 Å². The summed E-state index contributed by atoms with van der Waals surface area (Å²) < 4.78 is 31.5. The average molecular weight is 333 g/mol. The predicted octanol–water partition coefficient (Wildman–Crippen LogP) is 3.31. The lowest BCUT2D eigenvalue weighted by molar-refractivity contribution is -0.124. The molecule has 1 N–H and O–H groups in total. The summed E-state index contributed by atoms with van der Waals surface area (Å²) in [6, 6.07) is 9.22. The van der Waals surface area contributed by atoms with Crippen molar-refractivity contribution >= 4 is 11.9 Å². The van der Waals surface area contributed by atoms with E-state index in [0.717, 1.165) is 17.7 Å². The quantitative estimate of drug-likeness (QED) is 0.854. The van der Waals surface area contributed by atoms with Gasteiger partial charge in [-0.15, -0.1) is 0 Å². The molecule has 0 saturated heterocycles. The largest absolute Gasteiger partial charge is 0.452 e. The van der Waals surface area contributed by atoms with E-state index in [9.17, 15) is 18.4 Å². The van der Waals surface area contributed by atoms with Crippen molar-refractivity contribution in [1.29, 1.82) is 0 Å². The Morgan fingerprint density at radius 3 is 2.58 bits per heavy atom. The molecule has 0 unspecified atom stereocenters. The van der Waals surface area contributed by atoms with Gasteiger partial charge < -0.3 is 10.1 Å². The predicted molar refractivity (Wildman–Crippen MR) is 84.4 cm³/mol. The monoisotopic (exact) mass is 333 g/mol. The molecule has 0 aliphatic rings. The first-order chi connectivity index (χ1) is 11.4. The molecule has 0 aromatic heterocycles. The lowest BCUT2D eigenvalue weighted by Gasteiger charge is -2.15. The topological polar surface area (TPSA) is 55.4 Å². The molecule has 1 amide bonds. The van der Waals surface area contributed by atoms with Crippen molar-refractivity contribution in [1.82, 2.24) is 5.32 Å². The van der Waals surface area contributed by atoms with Crippen molar-refractivity contribution in [2.24, 2.45) is 0 Å². The molecule has 0 bridgehead atoms. The first kappa shape index (κ1) is 17.6. The molecule has 0 heterocycles. The van der Waals surface area contributed by atoms with E-state index in [1.165, 1.54) is 6.07 Å². The molecule has 0 aliphatic carbocycles. The number of ether oxygens (including phenoxy) is 1. The zero-order chi connectivity index (χ0) is 17.7. The number of hydrogen-bond donors (Lipinski definition) is 1. The molecular weight excluding hydrogens is 316 g/mol. The maximum absolute atomic E-state index is 13.6. The van der Waals surface area contributed by atoms with Gasteiger partial charge in [0.1, 0.15) is 11.6 Å². The van der Waals surface area contributed by atoms with Gasteiger partial charge in [0, 0.05) is 11.6 Å². The molecule has 0 radical (unpaired) electrons. The summed E-state index contributed by atoms with van der Waals surface area (Å²) in [4.78, 5) is 23.7. The zero-order valence-electron chi connectivity index (χ0n) is 13.3. The minimum atomic E-state index is -0.750. The third-order valence-corrected chi connectivity index (χ3v) is 3.39. The fourth-order valence-corrected chi connectivity index (χ4v) is 2.20. The van der Waals surface area contributed by atoms with Crippen molar-refractivity contribution in [2.75, 3.05) is 6.61 Å². The Bertz CT molecular complexity index is 762. The molecule has 24 heavy (non-hydrogen) atoms. The maximum Gasteiger partial charge on any atom is 0.338 e. The van der Waals surface area contributed by atoms with E-state index in [1.54, 1.807) is 25.1 Å². The van der Waals surface area contributed by atoms with Gasteiger partial charge in [-0.25, -0.2) is 13.6 Å². The molecule has 0 saturated carbocycles. The second-order valence-electron chi connectivity index (χ2n) is 5.40. The SMILES string of the molecule is Cc1cccc(C(=O)OCC(=O)N[C@@H](C)c2ccc(F)cc2F)c1. The van der Waals surface area contributed by atoms with Crippen LogP contribution in [-0.4, -0.2) is 18.5 Å². The van der Waals surface area contributed by atoms with Crippen LogP contribution in [0.3, 0.4) is 0 Å². The molecule has 0 fully saturated rings. The summed E-state index contributed by atoms with van der Waals surface area (Å²) in [7, 11) is 0. The smallest absolute Gasteiger partial charge is 0.338 e. The summed E-state index contributed by atoms with van der Waals surface area (Å²) in [6.07, 6.45) is 0. The number of carbonyl (C=O) groups excluding carboxylic acids is 2. The van der Waals surface area contributed by atoms with E-state index in [4.69, 9.17) is 4.74 Å². The standard InChI is InChI=1S/C18H17F2NO3/c1-11-4-3-5-13(8-11)18(23)24-10-17(22)21-12(2)15-7-6-14(19)9-16(15)20/h3-9,12H,10H2,1-2H3,(H,21,22)/t12-/m0/s1. The van der Waals surface area contributed by atoms with Crippen molar-refractivity contribution in [3.63, 3.8) is 0 Å². The lowest BCUT2D eigenvalue weighted by Crippen LogP contribution is -2.31. The fourth-order valence-electron chi connectivity index (χ4n) is 2.20. The molecule has 126 valence electrons. The highest BCUT2D eigenvalue weighted by Gasteiger charge is 2.16. The number of carbonyl (C=O) groups is 2. The zero-order valence-corrected chi connectivity index (χ0v) is 13.3. The van der Waals surface area contributed by atoms with Crippen LogP contribution in [0.1, 0.15) is 34.5 Å². The Labute approximate surface area is 138 Å². The molecule has 6 heteroatoms. The summed E-state index contributed by atoms with van der Waals surface area (Å²) in [6.45, 7) is 2.90. The van der Waals surface area contributed by atoms with Crippen LogP contribution in [0.5, 0.6) is 0 Å². The Morgan fingerprint density at radius 2 is 1.92 bits per heavy atom. The maximum atomic E-state index is 13.6. The summed E-state index contributed by atoms with van der Waals surface area (Å²) in [5.74, 6) is -2.64. The normalized spacial score (nSPS) is 11.7. The van der Waals surface area contributed by atoms with Gasteiger partial charge in [0.05, 0.1) is 11.6 Å². The summed E-state index contributed by atoms with van der Waals surface area (Å²) >= 11 is 0. The molecule has 2 aromatic carbocycles. The Balaban J connectivity index is 1.90. The van der Waals surface area contributed by atoms with Crippen molar-refractivity contribution in [3.8, 4) is 0 Å². The minimum absolute atomic E-state index is 0.148. The van der Waals surface area contributed by atoms with Crippen LogP contribution in [0, 0.1) is 18.6 Å². The molecule has 1 atom stereocenters. The van der Waals surface area contributed by atoms with E-state index < -0.39 is 36.2 Å². The first-order valence-corrected chi connectivity index (χ1v) is 7.35. The summed E-state index contributed by atoms with van der Waals surface area (Å²) in [5, 5.41) is 2.50. The number of nitrogens with one attached hydrogen (secondary N) is 1. The van der Waals surface area contributed by atoms with E-state index in [2.05, 4.69) is 5.32 Å². The Kier molecular flexibility index (Phi) is 5.63. The molecule has 0 spiro atoms. The van der Waals surface area contributed by atoms with Crippen LogP contribution in [0.4, 0.5) is 8.78 Å². The number of aryl methyl sites for hydroxylation is 1. The van der Waals surface area contributed by atoms with Gasteiger partial charge in [0.25, 0.3) is 5.91 Å². The first-order valence-electron chi connectivity index (χ1n) is 7.35. The van der Waals surface area contributed by atoms with Crippen LogP contribution in [0.25, 0.3) is 0 Å². The van der Waals surface area contributed by atoms with Gasteiger partial charge >= 0.3 is 5.97 Å². The highest BCUT2D eigenvalue weighted by Crippen LogP contribution is 2.17. The van der Waals surface area contributed by atoms with E-state index >= 15 is 0 Å². The number of esters is 1. The molecule has 2 aromatic rings. The van der Waals surface area contributed by atoms with Gasteiger partial charge in [-0.2, -0.15) is 0 Å². The van der Waals surface area contributed by atoms with Crippen molar-refractivity contribution in [2.45, 2.75) is 19.9 Å². The van der Waals surface area contributed by atoms with Crippen molar-refractivity contribution < 1.29 is 23.1 Å². The van der Waals surface area contributed by atoms with Gasteiger partial charge in [0.15, 0.2) is 6.61 Å². The summed E-state index contributed by atoms with van der Waals surface area (Å²) in [5.41, 5.74) is 1.39. The number of halogens is 2. The average Bonchev–Trinajstić information content (AvgIpc) is 2.52. The molecular formula is C18H17F2NO3. The van der Waals surface area contributed by atoms with Gasteiger partial charge in [-0.1, -0.05) is 23.8 Å². The van der Waals surface area contributed by atoms with Crippen LogP contribution in [0.2, 0.25) is 0 Å². The van der Waals surface area contributed by atoms with Gasteiger partial charge in [0.2, 0.25) is 0 Å². The second-order valence-corrected chi connectivity index (χ2v) is 5.40. The molecule has 2 rings (SSSR count). The Hall–Kier alpha value is -2.76. The number of hydrogen-bond acceptors (Lipinski definition) is 3. The highest BCUT2D eigenvalue weighted by atomic mass is 19.1. The number of rotatable bonds is 5.